The Bertz CT molecular complexity index is 888. The van der Waals surface area contributed by atoms with Crippen molar-refractivity contribution >= 4 is 13.5 Å². The number of rotatable bonds is 12. The molecule has 7 nitrogen and oxygen atoms in total. The van der Waals surface area contributed by atoms with Gasteiger partial charge in [-0.2, -0.15) is 0 Å². The molecule has 3 rings (SSSR count). The van der Waals surface area contributed by atoms with Crippen molar-refractivity contribution < 1.29 is 28.8 Å². The van der Waals surface area contributed by atoms with Crippen LogP contribution in [-0.2, 0) is 27.3 Å². The number of hydrogen-bond acceptors (Lipinski definition) is 5. The third-order valence-electron chi connectivity index (χ3n) is 5.95. The van der Waals surface area contributed by atoms with Gasteiger partial charge in [-0.3, -0.25) is 4.57 Å². The normalized spacial score (nSPS) is 17.8. The van der Waals surface area contributed by atoms with E-state index in [4.69, 9.17) is 9.47 Å². The zero-order valence-corrected chi connectivity index (χ0v) is 19.7. The molecule has 2 aromatic carbocycles. The molecule has 0 aliphatic heterocycles. The van der Waals surface area contributed by atoms with Crippen molar-refractivity contribution in [2.24, 2.45) is 5.92 Å². The molecule has 0 spiro atoms. The molecule has 3 unspecified atom stereocenters. The van der Waals surface area contributed by atoms with Gasteiger partial charge in [0.15, 0.2) is 6.29 Å². The molecular weight excluding hydrogens is 441 g/mol. The molecule has 1 fully saturated rings. The third kappa shape index (κ3) is 8.94. The fourth-order valence-electron chi connectivity index (χ4n) is 4.12. The summed E-state index contributed by atoms with van der Waals surface area (Å²) in [6, 6.07) is 18.7. The van der Waals surface area contributed by atoms with Crippen LogP contribution in [-0.4, -0.2) is 34.3 Å². The van der Waals surface area contributed by atoms with Gasteiger partial charge in [-0.25, -0.2) is 4.79 Å². The van der Waals surface area contributed by atoms with Gasteiger partial charge in [-0.15, -0.1) is 0 Å². The van der Waals surface area contributed by atoms with Crippen LogP contribution in [0.3, 0.4) is 0 Å². The molecule has 1 saturated carbocycles. The van der Waals surface area contributed by atoms with Crippen LogP contribution in [0, 0.1) is 5.92 Å². The molecule has 1 aliphatic carbocycles. The smallest absolute Gasteiger partial charge is 0.408 e. The molecule has 3 N–H and O–H groups in total. The maximum absolute atomic E-state index is 13.2. The summed E-state index contributed by atoms with van der Waals surface area (Å²) in [7, 11) is -3.71. The molecule has 2 aromatic rings. The quantitative estimate of drug-likeness (QED) is 0.294. The number of benzene rings is 2. The zero-order valence-electron chi connectivity index (χ0n) is 18.8. The minimum absolute atomic E-state index is 0.0700. The Kier molecular flexibility index (Phi) is 9.95. The molecule has 0 aromatic heterocycles. The third-order valence-corrected chi connectivity index (χ3v) is 8.35. The molecule has 0 bridgehead atoms. The average molecular weight is 476 g/mol. The van der Waals surface area contributed by atoms with Crippen LogP contribution in [0.5, 0.6) is 0 Å². The predicted molar refractivity (Wildman–Crippen MR) is 127 cm³/mol. The number of aliphatic hydroxyl groups excluding tert-OH is 1. The maximum atomic E-state index is 13.2. The summed E-state index contributed by atoms with van der Waals surface area (Å²) in [5.74, 6) is -0.818. The Morgan fingerprint density at radius 3 is 2.15 bits per heavy atom. The van der Waals surface area contributed by atoms with Crippen LogP contribution >= 0.6 is 7.37 Å². The first kappa shape index (κ1) is 25.4. The molecule has 1 amide bonds. The molecule has 0 saturated heterocycles. The second-order valence-corrected chi connectivity index (χ2v) is 11.1. The first-order valence-electron chi connectivity index (χ1n) is 11.5. The van der Waals surface area contributed by atoms with E-state index in [0.717, 1.165) is 36.8 Å². The lowest BCUT2D eigenvalue weighted by Gasteiger charge is -2.26. The van der Waals surface area contributed by atoms with Gasteiger partial charge in [0.2, 0.25) is 7.37 Å². The van der Waals surface area contributed by atoms with E-state index in [2.05, 4.69) is 5.32 Å². The minimum atomic E-state index is -3.71. The van der Waals surface area contributed by atoms with Crippen molar-refractivity contribution in [2.75, 3.05) is 6.16 Å². The fourth-order valence-corrected chi connectivity index (χ4v) is 6.34. The summed E-state index contributed by atoms with van der Waals surface area (Å²) in [4.78, 5) is 23.3. The van der Waals surface area contributed by atoms with Crippen molar-refractivity contribution in [3.05, 3.63) is 71.8 Å². The van der Waals surface area contributed by atoms with Crippen molar-refractivity contribution in [3.63, 3.8) is 0 Å². The van der Waals surface area contributed by atoms with Gasteiger partial charge in [0.05, 0.1) is 6.61 Å². The van der Waals surface area contributed by atoms with E-state index in [-0.39, 0.29) is 38.1 Å². The lowest BCUT2D eigenvalue weighted by Crippen LogP contribution is -2.37. The number of alkyl carbamates (subject to hydrolysis) is 1. The summed E-state index contributed by atoms with van der Waals surface area (Å²) in [6.45, 7) is 0.304. The SMILES string of the molecule is O=C(NC(CCC(O)OCc1ccccc1)P(=O)(O)CC1CCCC1)OCc1ccccc1. The Morgan fingerprint density at radius 2 is 1.55 bits per heavy atom. The molecule has 0 radical (unpaired) electrons. The van der Waals surface area contributed by atoms with Crippen LogP contribution in [0.2, 0.25) is 0 Å². The monoisotopic (exact) mass is 475 g/mol. The summed E-state index contributed by atoms with van der Waals surface area (Å²) in [6.07, 6.45) is 2.52. The van der Waals surface area contributed by atoms with Gasteiger partial charge < -0.3 is 24.8 Å². The first-order chi connectivity index (χ1) is 15.9. The van der Waals surface area contributed by atoms with Gasteiger partial charge in [-0.1, -0.05) is 73.5 Å². The summed E-state index contributed by atoms with van der Waals surface area (Å²) >= 11 is 0. The van der Waals surface area contributed by atoms with E-state index in [9.17, 15) is 19.4 Å². The van der Waals surface area contributed by atoms with E-state index in [1.165, 1.54) is 0 Å². The lowest BCUT2D eigenvalue weighted by molar-refractivity contribution is -0.112. The first-order valence-corrected chi connectivity index (χ1v) is 13.5. The Labute approximate surface area is 195 Å². The Balaban J connectivity index is 1.55. The van der Waals surface area contributed by atoms with Gasteiger partial charge >= 0.3 is 6.09 Å². The van der Waals surface area contributed by atoms with Gasteiger partial charge in [-0.05, 0) is 36.3 Å². The molecule has 0 heterocycles. The maximum Gasteiger partial charge on any atom is 0.408 e. The predicted octanol–water partition coefficient (Wildman–Crippen LogP) is 5.01. The van der Waals surface area contributed by atoms with Crippen LogP contribution in [0.4, 0.5) is 4.79 Å². The number of aliphatic hydroxyl groups is 1. The number of carbonyl (C=O) groups excluding carboxylic acids is 1. The number of amides is 1. The van der Waals surface area contributed by atoms with E-state index in [1.54, 1.807) is 0 Å². The average Bonchev–Trinajstić information content (AvgIpc) is 3.32. The molecule has 3 atom stereocenters. The van der Waals surface area contributed by atoms with Crippen molar-refractivity contribution in [3.8, 4) is 0 Å². The zero-order chi connectivity index (χ0) is 23.5. The lowest BCUT2D eigenvalue weighted by atomic mass is 10.1. The van der Waals surface area contributed by atoms with E-state index in [1.807, 2.05) is 60.7 Å². The summed E-state index contributed by atoms with van der Waals surface area (Å²) in [5.41, 5.74) is 1.75. The van der Waals surface area contributed by atoms with Gasteiger partial charge in [0.1, 0.15) is 12.4 Å². The number of nitrogens with one attached hydrogen (secondary N) is 1. The minimum Gasteiger partial charge on any atom is -0.445 e. The molecule has 8 heteroatoms. The topological polar surface area (TPSA) is 105 Å². The van der Waals surface area contributed by atoms with E-state index >= 15 is 0 Å². The molecule has 1 aliphatic rings. The standard InChI is InChI=1S/C25H34NO6P/c27-24(31-17-20-9-3-1-4-10-20)16-15-23(33(29,30)19-22-13-7-8-14-22)26-25(28)32-18-21-11-5-2-6-12-21/h1-6,9-12,22-24,27H,7-8,13-19H2,(H,26,28)(H,29,30). The van der Waals surface area contributed by atoms with E-state index < -0.39 is 25.5 Å². The van der Waals surface area contributed by atoms with Crippen molar-refractivity contribution in [1.82, 2.24) is 5.32 Å². The summed E-state index contributed by atoms with van der Waals surface area (Å²) < 4.78 is 24.0. The second-order valence-electron chi connectivity index (χ2n) is 8.64. The van der Waals surface area contributed by atoms with Crippen LogP contribution in [0.25, 0.3) is 0 Å². The highest BCUT2D eigenvalue weighted by Crippen LogP contribution is 2.51. The second kappa shape index (κ2) is 12.9. The largest absolute Gasteiger partial charge is 0.445 e. The highest BCUT2D eigenvalue weighted by Gasteiger charge is 2.36. The van der Waals surface area contributed by atoms with Crippen LogP contribution < -0.4 is 5.32 Å². The number of hydrogen-bond donors (Lipinski definition) is 3. The highest BCUT2D eigenvalue weighted by atomic mass is 31.2. The van der Waals surface area contributed by atoms with Gasteiger partial charge in [0.25, 0.3) is 0 Å². The van der Waals surface area contributed by atoms with Crippen LogP contribution in [0.1, 0.15) is 49.7 Å². The fraction of sp³-hybridized carbons (Fsp3) is 0.480. The summed E-state index contributed by atoms with van der Waals surface area (Å²) in [5, 5.41) is 12.8. The molecule has 33 heavy (non-hydrogen) atoms. The van der Waals surface area contributed by atoms with Crippen molar-refractivity contribution in [1.29, 1.82) is 0 Å². The number of carbonyl (C=O) groups is 1. The van der Waals surface area contributed by atoms with E-state index in [0.29, 0.717) is 0 Å². The Hall–Kier alpha value is -2.18. The number of ether oxygens (including phenoxy) is 2. The van der Waals surface area contributed by atoms with Crippen LogP contribution in [0.15, 0.2) is 60.7 Å². The van der Waals surface area contributed by atoms with Gasteiger partial charge in [0, 0.05) is 12.6 Å². The molecule has 180 valence electrons. The molecular formula is C25H34NO6P. The Morgan fingerprint density at radius 1 is 0.970 bits per heavy atom. The highest BCUT2D eigenvalue weighted by molar-refractivity contribution is 7.58. The van der Waals surface area contributed by atoms with Crippen molar-refractivity contribution in [2.45, 2.75) is 63.8 Å².